The number of anilines is 1. The van der Waals surface area contributed by atoms with E-state index in [0.29, 0.717) is 11.4 Å². The average molecular weight is 305 g/mol. The van der Waals surface area contributed by atoms with Crippen LogP contribution in [-0.4, -0.2) is 17.9 Å². The molecule has 0 aliphatic rings. The van der Waals surface area contributed by atoms with Crippen LogP contribution in [0.1, 0.15) is 15.9 Å². The van der Waals surface area contributed by atoms with Crippen LogP contribution in [0, 0.1) is 6.92 Å². The first-order valence-electron chi connectivity index (χ1n) is 5.55. The van der Waals surface area contributed by atoms with E-state index in [1.165, 1.54) is 0 Å². The van der Waals surface area contributed by atoms with Gasteiger partial charge < -0.3 is 0 Å². The summed E-state index contributed by atoms with van der Waals surface area (Å²) in [5.41, 5.74) is 1.61. The highest BCUT2D eigenvalue weighted by Gasteiger charge is 2.16. The van der Waals surface area contributed by atoms with Crippen molar-refractivity contribution >= 4 is 27.7 Å². The Labute approximate surface area is 115 Å². The van der Waals surface area contributed by atoms with E-state index >= 15 is 0 Å². The van der Waals surface area contributed by atoms with Gasteiger partial charge in [-0.05, 0) is 36.8 Å². The topological polar surface area (TPSA) is 33.2 Å². The SMILES string of the molecule is Cc1c(Br)cccc1C(=O)N(C)c1ccccn1. The van der Waals surface area contributed by atoms with Crippen LogP contribution < -0.4 is 4.90 Å². The number of hydrogen-bond donors (Lipinski definition) is 0. The van der Waals surface area contributed by atoms with Gasteiger partial charge in [0.25, 0.3) is 5.91 Å². The summed E-state index contributed by atoms with van der Waals surface area (Å²) in [5, 5.41) is 0. The first-order chi connectivity index (χ1) is 8.61. The van der Waals surface area contributed by atoms with Gasteiger partial charge in [-0.15, -0.1) is 0 Å². The second kappa shape index (κ2) is 5.31. The number of rotatable bonds is 2. The molecule has 1 heterocycles. The molecule has 2 aromatic rings. The van der Waals surface area contributed by atoms with Crippen molar-refractivity contribution in [2.45, 2.75) is 6.92 Å². The summed E-state index contributed by atoms with van der Waals surface area (Å²) in [6, 6.07) is 11.1. The number of amides is 1. The second-order valence-corrected chi connectivity index (χ2v) is 4.82. The Hall–Kier alpha value is -1.68. The van der Waals surface area contributed by atoms with Crippen LogP contribution in [-0.2, 0) is 0 Å². The molecule has 0 aliphatic carbocycles. The third kappa shape index (κ3) is 2.43. The third-order valence-electron chi connectivity index (χ3n) is 2.80. The first kappa shape index (κ1) is 12.8. The lowest BCUT2D eigenvalue weighted by Crippen LogP contribution is -2.27. The van der Waals surface area contributed by atoms with E-state index in [1.807, 2.05) is 43.3 Å². The summed E-state index contributed by atoms with van der Waals surface area (Å²) in [6.07, 6.45) is 1.67. The van der Waals surface area contributed by atoms with Gasteiger partial charge in [-0.25, -0.2) is 4.98 Å². The molecule has 0 radical (unpaired) electrons. The van der Waals surface area contributed by atoms with Gasteiger partial charge in [0, 0.05) is 23.3 Å². The van der Waals surface area contributed by atoms with E-state index in [1.54, 1.807) is 18.1 Å². The summed E-state index contributed by atoms with van der Waals surface area (Å²) in [6.45, 7) is 1.92. The molecule has 0 aliphatic heterocycles. The van der Waals surface area contributed by atoms with Crippen LogP contribution in [0.15, 0.2) is 47.1 Å². The van der Waals surface area contributed by atoms with Crippen molar-refractivity contribution in [3.8, 4) is 0 Å². The van der Waals surface area contributed by atoms with Gasteiger partial charge in [-0.2, -0.15) is 0 Å². The Balaban J connectivity index is 2.35. The lowest BCUT2D eigenvalue weighted by Gasteiger charge is -2.17. The molecule has 18 heavy (non-hydrogen) atoms. The van der Waals surface area contributed by atoms with Gasteiger partial charge >= 0.3 is 0 Å². The second-order valence-electron chi connectivity index (χ2n) is 3.96. The van der Waals surface area contributed by atoms with E-state index in [2.05, 4.69) is 20.9 Å². The molecule has 0 bridgehead atoms. The molecular weight excluding hydrogens is 292 g/mol. The summed E-state index contributed by atoms with van der Waals surface area (Å²) < 4.78 is 0.933. The molecule has 0 saturated carbocycles. The molecule has 0 unspecified atom stereocenters. The van der Waals surface area contributed by atoms with Crippen molar-refractivity contribution < 1.29 is 4.79 Å². The maximum absolute atomic E-state index is 12.4. The highest BCUT2D eigenvalue weighted by atomic mass is 79.9. The molecular formula is C14H13BrN2O. The average Bonchev–Trinajstić information content (AvgIpc) is 2.41. The maximum atomic E-state index is 12.4. The molecule has 1 aromatic heterocycles. The van der Waals surface area contributed by atoms with Gasteiger partial charge in [0.2, 0.25) is 0 Å². The molecule has 92 valence electrons. The van der Waals surface area contributed by atoms with Crippen molar-refractivity contribution in [3.63, 3.8) is 0 Å². The molecule has 0 atom stereocenters. The normalized spacial score (nSPS) is 10.2. The zero-order valence-corrected chi connectivity index (χ0v) is 11.8. The molecule has 0 fully saturated rings. The maximum Gasteiger partial charge on any atom is 0.259 e. The van der Waals surface area contributed by atoms with Crippen molar-refractivity contribution in [3.05, 3.63) is 58.2 Å². The fraction of sp³-hybridized carbons (Fsp3) is 0.143. The smallest absolute Gasteiger partial charge is 0.259 e. The fourth-order valence-electron chi connectivity index (χ4n) is 1.68. The molecule has 4 heteroatoms. The van der Waals surface area contributed by atoms with Crippen LogP contribution >= 0.6 is 15.9 Å². The molecule has 0 N–H and O–H groups in total. The van der Waals surface area contributed by atoms with Gasteiger partial charge in [0.15, 0.2) is 0 Å². The molecule has 3 nitrogen and oxygen atoms in total. The summed E-state index contributed by atoms with van der Waals surface area (Å²) >= 11 is 3.43. The zero-order chi connectivity index (χ0) is 13.1. The molecule has 1 amide bonds. The van der Waals surface area contributed by atoms with Crippen LogP contribution in [0.5, 0.6) is 0 Å². The van der Waals surface area contributed by atoms with Gasteiger partial charge in [0.05, 0.1) is 0 Å². The zero-order valence-electron chi connectivity index (χ0n) is 10.2. The number of halogens is 1. The number of carbonyl (C=O) groups excluding carboxylic acids is 1. The van der Waals surface area contributed by atoms with E-state index in [4.69, 9.17) is 0 Å². The van der Waals surface area contributed by atoms with E-state index in [-0.39, 0.29) is 5.91 Å². The Bertz CT molecular complexity index is 569. The van der Waals surface area contributed by atoms with Crippen molar-refractivity contribution in [2.24, 2.45) is 0 Å². The number of hydrogen-bond acceptors (Lipinski definition) is 2. The molecule has 0 saturated heterocycles. The van der Waals surface area contributed by atoms with E-state index in [9.17, 15) is 4.79 Å². The quantitative estimate of drug-likeness (QED) is 0.851. The van der Waals surface area contributed by atoms with Gasteiger partial charge in [-0.1, -0.05) is 28.1 Å². The predicted octanol–water partition coefficient (Wildman–Crippen LogP) is 3.43. The highest BCUT2D eigenvalue weighted by Crippen LogP contribution is 2.21. The fourth-order valence-corrected chi connectivity index (χ4v) is 2.04. The number of nitrogens with zero attached hydrogens (tertiary/aromatic N) is 2. The Morgan fingerprint density at radius 1 is 1.22 bits per heavy atom. The Morgan fingerprint density at radius 3 is 2.67 bits per heavy atom. The first-order valence-corrected chi connectivity index (χ1v) is 6.35. The minimum absolute atomic E-state index is 0.0625. The summed E-state index contributed by atoms with van der Waals surface area (Å²) in [7, 11) is 1.73. The monoisotopic (exact) mass is 304 g/mol. The molecule has 2 rings (SSSR count). The lowest BCUT2D eigenvalue weighted by atomic mass is 10.1. The largest absolute Gasteiger partial charge is 0.296 e. The van der Waals surface area contributed by atoms with E-state index < -0.39 is 0 Å². The predicted molar refractivity (Wildman–Crippen MR) is 75.8 cm³/mol. The van der Waals surface area contributed by atoms with Crippen LogP contribution in [0.3, 0.4) is 0 Å². The number of carbonyl (C=O) groups is 1. The Morgan fingerprint density at radius 2 is 2.00 bits per heavy atom. The summed E-state index contributed by atoms with van der Waals surface area (Å²) in [4.78, 5) is 18.1. The van der Waals surface area contributed by atoms with Gasteiger partial charge in [-0.3, -0.25) is 9.69 Å². The number of pyridine rings is 1. The minimum atomic E-state index is -0.0625. The highest BCUT2D eigenvalue weighted by molar-refractivity contribution is 9.10. The minimum Gasteiger partial charge on any atom is -0.296 e. The van der Waals surface area contributed by atoms with Crippen LogP contribution in [0.25, 0.3) is 0 Å². The number of benzene rings is 1. The Kier molecular flexibility index (Phi) is 3.77. The van der Waals surface area contributed by atoms with E-state index in [0.717, 1.165) is 10.0 Å². The van der Waals surface area contributed by atoms with Crippen molar-refractivity contribution in [1.82, 2.24) is 4.98 Å². The summed E-state index contributed by atoms with van der Waals surface area (Å²) in [5.74, 6) is 0.578. The van der Waals surface area contributed by atoms with Crippen molar-refractivity contribution in [2.75, 3.05) is 11.9 Å². The standard InChI is InChI=1S/C14H13BrN2O/c1-10-11(6-5-7-12(10)15)14(18)17(2)13-8-3-4-9-16-13/h3-9H,1-2H3. The molecule has 0 spiro atoms. The van der Waals surface area contributed by atoms with Crippen molar-refractivity contribution in [1.29, 1.82) is 0 Å². The van der Waals surface area contributed by atoms with Crippen LogP contribution in [0.4, 0.5) is 5.82 Å². The lowest BCUT2D eigenvalue weighted by molar-refractivity contribution is 0.0991. The van der Waals surface area contributed by atoms with Crippen LogP contribution in [0.2, 0.25) is 0 Å². The number of aromatic nitrogens is 1. The molecule has 1 aromatic carbocycles. The van der Waals surface area contributed by atoms with Gasteiger partial charge in [0.1, 0.15) is 5.82 Å². The third-order valence-corrected chi connectivity index (χ3v) is 3.65.